The lowest BCUT2D eigenvalue weighted by atomic mass is 10.0. The second kappa shape index (κ2) is 45.2. The molecule has 6 heteroatoms. The first kappa shape index (κ1) is 55.1. The summed E-state index contributed by atoms with van der Waals surface area (Å²) in [5.41, 5.74) is 0. The molecular formula is C51H95NO5. The Kier molecular flexibility index (Phi) is 43.6. The van der Waals surface area contributed by atoms with Crippen molar-refractivity contribution >= 4 is 11.9 Å². The normalized spacial score (nSPS) is 13.6. The Balaban J connectivity index is 4.48. The fraction of sp³-hybridized carbons (Fsp3) is 0.843. The van der Waals surface area contributed by atoms with Gasteiger partial charge in [0.05, 0.1) is 25.2 Å². The second-order valence-electron chi connectivity index (χ2n) is 16.8. The molecule has 0 aromatic heterocycles. The number of amides is 1. The van der Waals surface area contributed by atoms with Crippen LogP contribution in [0.25, 0.3) is 0 Å². The van der Waals surface area contributed by atoms with E-state index in [4.69, 9.17) is 4.74 Å². The van der Waals surface area contributed by atoms with Gasteiger partial charge in [0.15, 0.2) is 0 Å². The van der Waals surface area contributed by atoms with Crippen LogP contribution in [0.2, 0.25) is 0 Å². The summed E-state index contributed by atoms with van der Waals surface area (Å²) in [7, 11) is 0. The van der Waals surface area contributed by atoms with Crippen molar-refractivity contribution in [3.63, 3.8) is 0 Å². The minimum Gasteiger partial charge on any atom is -0.462 e. The van der Waals surface area contributed by atoms with Crippen LogP contribution in [0.5, 0.6) is 0 Å². The molecular weight excluding hydrogens is 707 g/mol. The number of allylic oxidation sites excluding steroid dienone is 6. The highest BCUT2D eigenvalue weighted by molar-refractivity contribution is 5.77. The minimum atomic E-state index is -0.785. The van der Waals surface area contributed by atoms with E-state index in [0.717, 1.165) is 70.6 Å². The summed E-state index contributed by atoms with van der Waals surface area (Å²) in [6.45, 7) is 6.36. The molecule has 0 rings (SSSR count). The SMILES string of the molecule is CC/C=C/C/C=C/C/C=C/CCCCCCCCC(=O)OC(CCCCCCCCCCC)CC(=O)NC(CO)C(O)CCCCCCCCCCCCCCC. The first-order valence-electron chi connectivity index (χ1n) is 24.7. The van der Waals surface area contributed by atoms with Gasteiger partial charge < -0.3 is 20.3 Å². The van der Waals surface area contributed by atoms with Gasteiger partial charge in [-0.2, -0.15) is 0 Å². The molecule has 3 N–H and O–H groups in total. The highest BCUT2D eigenvalue weighted by atomic mass is 16.5. The Labute approximate surface area is 353 Å². The van der Waals surface area contributed by atoms with Gasteiger partial charge in [-0.15, -0.1) is 0 Å². The molecule has 0 spiro atoms. The van der Waals surface area contributed by atoms with Crippen molar-refractivity contribution in [3.05, 3.63) is 36.5 Å². The molecule has 0 bridgehead atoms. The topological polar surface area (TPSA) is 95.9 Å². The van der Waals surface area contributed by atoms with E-state index in [0.29, 0.717) is 19.3 Å². The zero-order valence-electron chi connectivity index (χ0n) is 38.0. The maximum absolute atomic E-state index is 13.1. The molecule has 334 valence electrons. The number of unbranched alkanes of at least 4 members (excludes halogenated alkanes) is 26. The molecule has 57 heavy (non-hydrogen) atoms. The van der Waals surface area contributed by atoms with Gasteiger partial charge in [0.2, 0.25) is 5.91 Å². The highest BCUT2D eigenvalue weighted by Crippen LogP contribution is 2.18. The molecule has 0 aromatic carbocycles. The zero-order chi connectivity index (χ0) is 41.7. The van der Waals surface area contributed by atoms with E-state index in [1.54, 1.807) is 0 Å². The Hall–Kier alpha value is -1.92. The number of aliphatic hydroxyl groups is 2. The molecule has 0 fully saturated rings. The summed E-state index contributed by atoms with van der Waals surface area (Å²) in [4.78, 5) is 26.0. The molecule has 0 aliphatic rings. The Morgan fingerprint density at radius 2 is 0.947 bits per heavy atom. The van der Waals surface area contributed by atoms with Crippen molar-refractivity contribution in [2.75, 3.05) is 6.61 Å². The summed E-state index contributed by atoms with van der Waals surface area (Å²) in [6.07, 6.45) is 52.0. The summed E-state index contributed by atoms with van der Waals surface area (Å²) in [6, 6.07) is -0.699. The molecule has 0 aliphatic heterocycles. The number of rotatable bonds is 44. The van der Waals surface area contributed by atoms with Crippen LogP contribution in [0.1, 0.15) is 252 Å². The molecule has 1 amide bonds. The fourth-order valence-electron chi connectivity index (χ4n) is 7.50. The summed E-state index contributed by atoms with van der Waals surface area (Å²) in [5, 5.41) is 23.7. The lowest BCUT2D eigenvalue weighted by Gasteiger charge is -2.24. The third-order valence-corrected chi connectivity index (χ3v) is 11.2. The molecule has 0 saturated carbocycles. The average molecular weight is 802 g/mol. The van der Waals surface area contributed by atoms with E-state index in [2.05, 4.69) is 62.5 Å². The van der Waals surface area contributed by atoms with Crippen molar-refractivity contribution in [2.24, 2.45) is 0 Å². The van der Waals surface area contributed by atoms with E-state index in [-0.39, 0.29) is 24.9 Å². The lowest BCUT2D eigenvalue weighted by Crippen LogP contribution is -2.46. The number of aliphatic hydroxyl groups excluding tert-OH is 2. The largest absolute Gasteiger partial charge is 0.462 e. The standard InChI is InChI=1S/C51H95NO5/c1-4-7-10-13-16-19-21-23-24-25-27-29-32-35-38-41-44-51(56)57-47(42-39-36-33-30-18-15-12-9-6-3)45-50(55)52-48(46-53)49(54)43-40-37-34-31-28-26-22-20-17-14-11-8-5-2/h7,10,16,19,23-24,47-49,53-54H,4-6,8-9,11-15,17-18,20-22,25-46H2,1-3H3,(H,52,55)/b10-7+,19-16+,24-23+. The van der Waals surface area contributed by atoms with Gasteiger partial charge in [-0.1, -0.05) is 218 Å². The second-order valence-corrected chi connectivity index (χ2v) is 16.8. The molecule has 0 heterocycles. The predicted octanol–water partition coefficient (Wildman–Crippen LogP) is 14.5. The Bertz CT molecular complexity index is 946. The molecule has 0 aromatic rings. The number of ether oxygens (including phenoxy) is 1. The van der Waals surface area contributed by atoms with Crippen LogP contribution in [0, 0.1) is 0 Å². The van der Waals surface area contributed by atoms with Gasteiger partial charge in [0.25, 0.3) is 0 Å². The van der Waals surface area contributed by atoms with Gasteiger partial charge in [0, 0.05) is 6.42 Å². The first-order chi connectivity index (χ1) is 28.0. The third-order valence-electron chi connectivity index (χ3n) is 11.2. The van der Waals surface area contributed by atoms with E-state index in [1.807, 2.05) is 0 Å². The molecule has 0 radical (unpaired) electrons. The zero-order valence-corrected chi connectivity index (χ0v) is 38.0. The van der Waals surface area contributed by atoms with Crippen molar-refractivity contribution < 1.29 is 24.5 Å². The van der Waals surface area contributed by atoms with E-state index in [9.17, 15) is 19.8 Å². The van der Waals surface area contributed by atoms with Crippen molar-refractivity contribution in [1.29, 1.82) is 0 Å². The number of esters is 1. The van der Waals surface area contributed by atoms with Crippen LogP contribution in [0.15, 0.2) is 36.5 Å². The van der Waals surface area contributed by atoms with Crippen LogP contribution in [-0.4, -0.2) is 46.9 Å². The van der Waals surface area contributed by atoms with Gasteiger partial charge >= 0.3 is 5.97 Å². The molecule has 0 aliphatic carbocycles. The number of hydrogen-bond donors (Lipinski definition) is 3. The Morgan fingerprint density at radius 3 is 1.44 bits per heavy atom. The van der Waals surface area contributed by atoms with Crippen LogP contribution < -0.4 is 5.32 Å². The maximum atomic E-state index is 13.1. The maximum Gasteiger partial charge on any atom is 0.306 e. The molecule has 6 nitrogen and oxygen atoms in total. The average Bonchev–Trinajstić information content (AvgIpc) is 3.20. The van der Waals surface area contributed by atoms with Gasteiger partial charge in [-0.3, -0.25) is 9.59 Å². The molecule has 0 saturated heterocycles. The van der Waals surface area contributed by atoms with Crippen LogP contribution in [-0.2, 0) is 14.3 Å². The van der Waals surface area contributed by atoms with E-state index < -0.39 is 18.2 Å². The van der Waals surface area contributed by atoms with Gasteiger partial charge in [-0.05, 0) is 57.8 Å². The van der Waals surface area contributed by atoms with E-state index in [1.165, 1.54) is 135 Å². The number of nitrogens with one attached hydrogen (secondary N) is 1. The van der Waals surface area contributed by atoms with Gasteiger partial charge in [-0.25, -0.2) is 0 Å². The highest BCUT2D eigenvalue weighted by Gasteiger charge is 2.24. The van der Waals surface area contributed by atoms with Crippen LogP contribution >= 0.6 is 0 Å². The molecule has 3 unspecified atom stereocenters. The van der Waals surface area contributed by atoms with Crippen molar-refractivity contribution in [1.82, 2.24) is 5.32 Å². The molecule has 3 atom stereocenters. The number of carbonyl (C=O) groups excluding carboxylic acids is 2. The quantitative estimate of drug-likeness (QED) is 0.0324. The predicted molar refractivity (Wildman–Crippen MR) is 246 cm³/mol. The van der Waals surface area contributed by atoms with Crippen LogP contribution in [0.4, 0.5) is 0 Å². The van der Waals surface area contributed by atoms with Crippen LogP contribution in [0.3, 0.4) is 0 Å². The first-order valence-corrected chi connectivity index (χ1v) is 24.7. The summed E-state index contributed by atoms with van der Waals surface area (Å²) >= 11 is 0. The fourth-order valence-corrected chi connectivity index (χ4v) is 7.50. The smallest absolute Gasteiger partial charge is 0.306 e. The number of carbonyl (C=O) groups is 2. The monoisotopic (exact) mass is 802 g/mol. The van der Waals surface area contributed by atoms with E-state index >= 15 is 0 Å². The third kappa shape index (κ3) is 40.6. The lowest BCUT2D eigenvalue weighted by molar-refractivity contribution is -0.151. The number of hydrogen-bond acceptors (Lipinski definition) is 5. The van der Waals surface area contributed by atoms with Gasteiger partial charge in [0.1, 0.15) is 6.10 Å². The summed E-state index contributed by atoms with van der Waals surface area (Å²) < 4.78 is 5.91. The van der Waals surface area contributed by atoms with Crippen molar-refractivity contribution in [3.8, 4) is 0 Å². The van der Waals surface area contributed by atoms with Crippen molar-refractivity contribution in [2.45, 2.75) is 270 Å². The minimum absolute atomic E-state index is 0.0752. The summed E-state index contributed by atoms with van der Waals surface area (Å²) in [5.74, 6) is -0.483. The Morgan fingerprint density at radius 1 is 0.526 bits per heavy atom.